The van der Waals surface area contributed by atoms with Gasteiger partial charge in [-0.05, 0) is 18.9 Å². The van der Waals surface area contributed by atoms with Crippen LogP contribution in [0.15, 0.2) is 24.3 Å². The largest absolute Gasteiger partial charge is 0.380 e. The predicted octanol–water partition coefficient (Wildman–Crippen LogP) is 2.45. The lowest BCUT2D eigenvalue weighted by Gasteiger charge is -2.13. The van der Waals surface area contributed by atoms with Crippen LogP contribution in [0.5, 0.6) is 0 Å². The van der Waals surface area contributed by atoms with Gasteiger partial charge in [0.25, 0.3) is 0 Å². The quantitative estimate of drug-likeness (QED) is 0.646. The minimum absolute atomic E-state index is 0.527. The van der Waals surface area contributed by atoms with Gasteiger partial charge in [-0.3, -0.25) is 0 Å². The molecule has 1 heterocycles. The van der Waals surface area contributed by atoms with Gasteiger partial charge in [-0.15, -0.1) is 0 Å². The van der Waals surface area contributed by atoms with Crippen LogP contribution in [-0.2, 0) is 17.8 Å². The number of benzene rings is 1. The van der Waals surface area contributed by atoms with E-state index in [4.69, 9.17) is 10.6 Å². The Morgan fingerprint density at radius 3 is 2.65 bits per heavy atom. The minimum Gasteiger partial charge on any atom is -0.380 e. The first-order valence-electron chi connectivity index (χ1n) is 6.62. The molecule has 0 bridgehead atoms. The molecule has 0 spiro atoms. The third-order valence-electron chi connectivity index (χ3n) is 3.26. The Kier molecular flexibility index (Phi) is 4.65. The van der Waals surface area contributed by atoms with E-state index in [2.05, 4.69) is 22.3 Å². The van der Waals surface area contributed by atoms with Gasteiger partial charge in [0.2, 0.25) is 0 Å². The van der Waals surface area contributed by atoms with Gasteiger partial charge in [0, 0.05) is 23.9 Å². The highest BCUT2D eigenvalue weighted by Gasteiger charge is 2.13. The number of hydrogen-bond donors (Lipinski definition) is 2. The molecule has 0 unspecified atom stereocenters. The number of rotatable bonds is 5. The van der Waals surface area contributed by atoms with Crippen LogP contribution in [0.1, 0.15) is 23.7 Å². The summed E-state index contributed by atoms with van der Waals surface area (Å²) in [5, 5.41) is 0. The molecule has 0 amide bonds. The normalized spacial score (nSPS) is 10.6. The molecule has 0 fully saturated rings. The van der Waals surface area contributed by atoms with E-state index in [0.717, 1.165) is 28.8 Å². The van der Waals surface area contributed by atoms with Gasteiger partial charge in [0.05, 0.1) is 6.61 Å². The molecule has 0 atom stereocenters. The molecular weight excluding hydrogens is 252 g/mol. The molecule has 3 N–H and O–H groups in total. The standard InChI is InChI=1S/C15H20N4O/c1-4-12-10(2)17-14(18-15(12)19-16)13-8-6-5-7-11(13)9-20-3/h5-8H,4,9,16H2,1-3H3,(H,17,18,19). The fraction of sp³-hybridized carbons (Fsp3) is 0.333. The molecule has 106 valence electrons. The Bertz CT molecular complexity index is 598. The third kappa shape index (κ3) is 2.79. The summed E-state index contributed by atoms with van der Waals surface area (Å²) in [5.41, 5.74) is 6.68. The van der Waals surface area contributed by atoms with E-state index >= 15 is 0 Å². The molecule has 0 saturated heterocycles. The van der Waals surface area contributed by atoms with E-state index in [0.29, 0.717) is 18.2 Å². The lowest BCUT2D eigenvalue weighted by Crippen LogP contribution is -2.14. The topological polar surface area (TPSA) is 73.1 Å². The Hall–Kier alpha value is -1.98. The van der Waals surface area contributed by atoms with Crippen LogP contribution in [0.2, 0.25) is 0 Å². The fourth-order valence-electron chi connectivity index (χ4n) is 2.28. The molecular formula is C15H20N4O. The maximum Gasteiger partial charge on any atom is 0.162 e. The number of nitrogen functional groups attached to an aromatic ring is 1. The molecule has 2 aromatic rings. The van der Waals surface area contributed by atoms with Gasteiger partial charge in [0.15, 0.2) is 5.82 Å². The van der Waals surface area contributed by atoms with E-state index in [-0.39, 0.29) is 0 Å². The molecule has 5 heteroatoms. The van der Waals surface area contributed by atoms with Crippen molar-refractivity contribution in [1.29, 1.82) is 0 Å². The monoisotopic (exact) mass is 272 g/mol. The van der Waals surface area contributed by atoms with Crippen molar-refractivity contribution in [3.05, 3.63) is 41.1 Å². The van der Waals surface area contributed by atoms with E-state index in [1.54, 1.807) is 7.11 Å². The van der Waals surface area contributed by atoms with Crippen molar-refractivity contribution in [3.8, 4) is 11.4 Å². The minimum atomic E-state index is 0.527. The highest BCUT2D eigenvalue weighted by Crippen LogP contribution is 2.25. The molecule has 0 aliphatic carbocycles. The fourth-order valence-corrected chi connectivity index (χ4v) is 2.28. The van der Waals surface area contributed by atoms with Crippen LogP contribution in [0.25, 0.3) is 11.4 Å². The van der Waals surface area contributed by atoms with Gasteiger partial charge >= 0.3 is 0 Å². The molecule has 2 rings (SSSR count). The third-order valence-corrected chi connectivity index (χ3v) is 3.26. The maximum absolute atomic E-state index is 5.57. The molecule has 5 nitrogen and oxygen atoms in total. The second-order valence-corrected chi connectivity index (χ2v) is 4.55. The SMILES string of the molecule is CCc1c(C)nc(-c2ccccc2COC)nc1NN. The lowest BCUT2D eigenvalue weighted by molar-refractivity contribution is 0.185. The predicted molar refractivity (Wildman–Crippen MR) is 80.1 cm³/mol. The van der Waals surface area contributed by atoms with Crippen molar-refractivity contribution in [1.82, 2.24) is 9.97 Å². The number of nitrogens with two attached hydrogens (primary N) is 1. The number of nitrogens with zero attached hydrogens (tertiary/aromatic N) is 2. The van der Waals surface area contributed by atoms with Crippen LogP contribution in [0, 0.1) is 6.92 Å². The Labute approximate surface area is 119 Å². The Balaban J connectivity index is 2.56. The van der Waals surface area contributed by atoms with Crippen LogP contribution in [-0.4, -0.2) is 17.1 Å². The van der Waals surface area contributed by atoms with Crippen LogP contribution < -0.4 is 11.3 Å². The first-order chi connectivity index (χ1) is 9.71. The summed E-state index contributed by atoms with van der Waals surface area (Å²) < 4.78 is 5.23. The number of aromatic nitrogens is 2. The van der Waals surface area contributed by atoms with Crippen LogP contribution >= 0.6 is 0 Å². The van der Waals surface area contributed by atoms with Crippen molar-refractivity contribution in [2.45, 2.75) is 26.9 Å². The Morgan fingerprint density at radius 1 is 1.25 bits per heavy atom. The lowest BCUT2D eigenvalue weighted by atomic mass is 10.1. The second-order valence-electron chi connectivity index (χ2n) is 4.55. The zero-order valence-electron chi connectivity index (χ0n) is 12.1. The number of anilines is 1. The smallest absolute Gasteiger partial charge is 0.162 e. The number of hydrazine groups is 1. The van der Waals surface area contributed by atoms with Crippen molar-refractivity contribution in [2.24, 2.45) is 5.84 Å². The molecule has 0 aliphatic heterocycles. The number of ether oxygens (including phenoxy) is 1. The molecule has 1 aromatic carbocycles. The number of nitrogens with one attached hydrogen (secondary N) is 1. The van der Waals surface area contributed by atoms with Crippen molar-refractivity contribution in [3.63, 3.8) is 0 Å². The van der Waals surface area contributed by atoms with Gasteiger partial charge in [-0.1, -0.05) is 31.2 Å². The molecule has 0 saturated carbocycles. The van der Waals surface area contributed by atoms with Gasteiger partial charge in [-0.2, -0.15) is 0 Å². The Morgan fingerprint density at radius 2 is 2.00 bits per heavy atom. The molecule has 0 aliphatic rings. The van der Waals surface area contributed by atoms with Crippen LogP contribution in [0.4, 0.5) is 5.82 Å². The summed E-state index contributed by atoms with van der Waals surface area (Å²) in [4.78, 5) is 9.14. The second kappa shape index (κ2) is 6.45. The zero-order chi connectivity index (χ0) is 14.5. The summed E-state index contributed by atoms with van der Waals surface area (Å²) in [5.74, 6) is 6.92. The van der Waals surface area contributed by atoms with Crippen molar-refractivity contribution < 1.29 is 4.74 Å². The first kappa shape index (κ1) is 14.4. The number of aryl methyl sites for hydroxylation is 1. The van der Waals surface area contributed by atoms with Crippen molar-refractivity contribution in [2.75, 3.05) is 12.5 Å². The van der Waals surface area contributed by atoms with Crippen molar-refractivity contribution >= 4 is 5.82 Å². The van der Waals surface area contributed by atoms with Crippen LogP contribution in [0.3, 0.4) is 0 Å². The maximum atomic E-state index is 5.57. The number of hydrogen-bond acceptors (Lipinski definition) is 5. The highest BCUT2D eigenvalue weighted by atomic mass is 16.5. The van der Waals surface area contributed by atoms with E-state index in [1.807, 2.05) is 31.2 Å². The highest BCUT2D eigenvalue weighted by molar-refractivity contribution is 5.63. The molecule has 0 radical (unpaired) electrons. The van der Waals surface area contributed by atoms with Gasteiger partial charge in [-0.25, -0.2) is 15.8 Å². The molecule has 1 aromatic heterocycles. The summed E-state index contributed by atoms with van der Waals surface area (Å²) in [6.07, 6.45) is 0.839. The van der Waals surface area contributed by atoms with E-state index < -0.39 is 0 Å². The summed E-state index contributed by atoms with van der Waals surface area (Å²) >= 11 is 0. The van der Waals surface area contributed by atoms with E-state index in [9.17, 15) is 0 Å². The summed E-state index contributed by atoms with van der Waals surface area (Å²) in [6, 6.07) is 7.96. The number of methoxy groups -OCH3 is 1. The van der Waals surface area contributed by atoms with Gasteiger partial charge < -0.3 is 10.2 Å². The summed E-state index contributed by atoms with van der Waals surface area (Å²) in [7, 11) is 1.68. The average molecular weight is 272 g/mol. The van der Waals surface area contributed by atoms with Gasteiger partial charge in [0.1, 0.15) is 5.82 Å². The van der Waals surface area contributed by atoms with E-state index in [1.165, 1.54) is 0 Å². The first-order valence-corrected chi connectivity index (χ1v) is 6.62. The average Bonchev–Trinajstić information content (AvgIpc) is 2.47. The summed E-state index contributed by atoms with van der Waals surface area (Å²) in [6.45, 7) is 4.56. The molecule has 20 heavy (non-hydrogen) atoms. The zero-order valence-corrected chi connectivity index (χ0v) is 12.1.